The lowest BCUT2D eigenvalue weighted by molar-refractivity contribution is 0.101. The lowest BCUT2D eigenvalue weighted by Gasteiger charge is -2.15. The zero-order chi connectivity index (χ0) is 24.5. The number of nitrogens with zero attached hydrogens (tertiary/aromatic N) is 2. The highest BCUT2D eigenvalue weighted by atomic mass is 32.2. The van der Waals surface area contributed by atoms with Crippen LogP contribution in [0.1, 0.15) is 47.3 Å². The average molecular weight is 477 g/mol. The number of aliphatic imine (C=N–C) groups is 1. The Morgan fingerprint density at radius 2 is 1.94 bits per heavy atom. The van der Waals surface area contributed by atoms with Crippen LogP contribution in [0, 0.1) is 0 Å². The maximum absolute atomic E-state index is 11.8. The zero-order valence-electron chi connectivity index (χ0n) is 19.2. The Hall–Kier alpha value is -3.62. The molecule has 3 rings (SSSR count). The number of hydrogen-bond donors (Lipinski definition) is 3. The number of nitrogens with one attached hydrogen (secondary N) is 1. The van der Waals surface area contributed by atoms with Crippen LogP contribution >= 0.6 is 11.8 Å². The van der Waals surface area contributed by atoms with Crippen LogP contribution in [0.3, 0.4) is 0 Å². The van der Waals surface area contributed by atoms with Crippen LogP contribution in [0.2, 0.25) is 0 Å². The summed E-state index contributed by atoms with van der Waals surface area (Å²) in [5.74, 6) is 6.15. The molecule has 0 amide bonds. The van der Waals surface area contributed by atoms with Crippen molar-refractivity contribution in [1.82, 2.24) is 5.53 Å². The molecule has 8 heteroatoms. The van der Waals surface area contributed by atoms with Gasteiger partial charge in [0.25, 0.3) is 0 Å². The smallest absolute Gasteiger partial charge is 0.181 e. The van der Waals surface area contributed by atoms with Crippen molar-refractivity contribution in [2.45, 2.75) is 43.1 Å². The first-order valence-corrected chi connectivity index (χ1v) is 11.6. The number of ether oxygens (including phenoxy) is 1. The van der Waals surface area contributed by atoms with Crippen molar-refractivity contribution < 1.29 is 14.6 Å². The van der Waals surface area contributed by atoms with Crippen LogP contribution in [0.15, 0.2) is 80.5 Å². The molecular formula is C26H28N4O3S. The van der Waals surface area contributed by atoms with Crippen LogP contribution in [-0.2, 0) is 13.0 Å². The van der Waals surface area contributed by atoms with Crippen LogP contribution in [-0.4, -0.2) is 23.4 Å². The summed E-state index contributed by atoms with van der Waals surface area (Å²) in [5, 5.41) is 14.6. The Morgan fingerprint density at radius 1 is 1.15 bits per heavy atom. The number of hydrazine groups is 1. The summed E-state index contributed by atoms with van der Waals surface area (Å²) in [6.07, 6.45) is 1.44. The Labute approximate surface area is 203 Å². The molecule has 0 aliphatic carbocycles. The first-order chi connectivity index (χ1) is 16.5. The van der Waals surface area contributed by atoms with Gasteiger partial charge >= 0.3 is 0 Å². The predicted octanol–water partition coefficient (Wildman–Crippen LogP) is 5.10. The molecule has 3 aromatic rings. The normalized spacial score (nSPS) is 11.2. The van der Waals surface area contributed by atoms with Gasteiger partial charge in [0.15, 0.2) is 11.6 Å². The van der Waals surface area contributed by atoms with Gasteiger partial charge in [-0.3, -0.25) is 4.79 Å². The Bertz CT molecular complexity index is 1210. The second-order valence-electron chi connectivity index (χ2n) is 7.50. The van der Waals surface area contributed by atoms with Crippen molar-refractivity contribution in [3.8, 4) is 11.5 Å². The summed E-state index contributed by atoms with van der Waals surface area (Å²) in [4.78, 5) is 17.7. The van der Waals surface area contributed by atoms with Gasteiger partial charge in [0.2, 0.25) is 0 Å². The minimum Gasteiger partial charge on any atom is -0.507 e. The number of ketones is 1. The molecule has 176 valence electrons. The molecule has 0 unspecified atom stereocenters. The molecule has 0 atom stereocenters. The molecule has 0 saturated carbocycles. The number of amidine groups is 1. The third-order valence-electron chi connectivity index (χ3n) is 5.09. The fraction of sp³-hybridized carbons (Fsp3) is 0.192. The molecule has 0 bridgehead atoms. The number of benzene rings is 3. The van der Waals surface area contributed by atoms with Gasteiger partial charge in [-0.2, -0.15) is 0 Å². The van der Waals surface area contributed by atoms with Crippen molar-refractivity contribution in [1.29, 1.82) is 0 Å². The molecule has 7 nitrogen and oxygen atoms in total. The third kappa shape index (κ3) is 6.03. The van der Waals surface area contributed by atoms with Gasteiger partial charge in [-0.1, -0.05) is 49.4 Å². The quantitative estimate of drug-likeness (QED) is 0.123. The van der Waals surface area contributed by atoms with Crippen molar-refractivity contribution in [2.75, 3.05) is 0 Å². The maximum Gasteiger partial charge on any atom is 0.181 e. The number of phenolic OH excluding ortho intramolecular Hbond substituents is 1. The zero-order valence-corrected chi connectivity index (χ0v) is 20.1. The molecule has 0 heterocycles. The topological polar surface area (TPSA) is 109 Å². The second-order valence-corrected chi connectivity index (χ2v) is 8.62. The lowest BCUT2D eigenvalue weighted by atomic mass is 10.0. The number of rotatable bonds is 10. The van der Waals surface area contributed by atoms with E-state index in [1.165, 1.54) is 6.92 Å². The van der Waals surface area contributed by atoms with E-state index in [1.807, 2.05) is 55.5 Å². The van der Waals surface area contributed by atoms with E-state index in [0.29, 0.717) is 35.7 Å². The molecule has 0 radical (unpaired) electrons. The van der Waals surface area contributed by atoms with E-state index in [4.69, 9.17) is 10.6 Å². The van der Waals surface area contributed by atoms with Crippen LogP contribution in [0.5, 0.6) is 11.5 Å². The molecule has 34 heavy (non-hydrogen) atoms. The molecule has 4 N–H and O–H groups in total. The first kappa shape index (κ1) is 25.0. The van der Waals surface area contributed by atoms with Crippen LogP contribution < -0.4 is 16.1 Å². The monoisotopic (exact) mass is 476 g/mol. The largest absolute Gasteiger partial charge is 0.507 e. The first-order valence-electron chi connectivity index (χ1n) is 10.8. The van der Waals surface area contributed by atoms with Gasteiger partial charge in [-0.25, -0.2) is 16.4 Å². The minimum absolute atomic E-state index is 0.00743. The maximum atomic E-state index is 11.8. The van der Waals surface area contributed by atoms with E-state index in [0.717, 1.165) is 27.3 Å². The molecule has 0 aliphatic rings. The fourth-order valence-electron chi connectivity index (χ4n) is 3.50. The highest BCUT2D eigenvalue weighted by molar-refractivity contribution is 7.99. The number of phenols is 1. The van der Waals surface area contributed by atoms with Crippen molar-refractivity contribution in [2.24, 2.45) is 15.9 Å². The minimum atomic E-state index is -0.173. The van der Waals surface area contributed by atoms with Crippen LogP contribution in [0.4, 0.5) is 0 Å². The Kier molecular flexibility index (Phi) is 8.84. The van der Waals surface area contributed by atoms with E-state index >= 15 is 0 Å². The van der Waals surface area contributed by atoms with Crippen LogP contribution in [0.25, 0.3) is 0 Å². The van der Waals surface area contributed by atoms with E-state index in [-0.39, 0.29) is 11.5 Å². The molecule has 0 saturated heterocycles. The highest BCUT2D eigenvalue weighted by Crippen LogP contribution is 2.34. The molecule has 0 spiro atoms. The van der Waals surface area contributed by atoms with Gasteiger partial charge < -0.3 is 9.84 Å². The number of aromatic hydroxyl groups is 1. The summed E-state index contributed by atoms with van der Waals surface area (Å²) in [5.41, 5.74) is 5.03. The van der Waals surface area contributed by atoms with Crippen molar-refractivity contribution in [3.05, 3.63) is 82.9 Å². The average Bonchev–Trinajstić information content (AvgIpc) is 2.83. The molecule has 0 fully saturated rings. The van der Waals surface area contributed by atoms with Gasteiger partial charge in [0.05, 0.1) is 5.56 Å². The number of carbonyl (C=O) groups excluding carboxylic acids is 1. The van der Waals surface area contributed by atoms with Crippen molar-refractivity contribution in [3.63, 3.8) is 0 Å². The summed E-state index contributed by atoms with van der Waals surface area (Å²) >= 11 is 1.57. The van der Waals surface area contributed by atoms with E-state index in [2.05, 4.69) is 22.3 Å². The fourth-order valence-corrected chi connectivity index (χ4v) is 4.52. The lowest BCUT2D eigenvalue weighted by Crippen LogP contribution is -2.17. The van der Waals surface area contributed by atoms with Gasteiger partial charge in [-0.15, -0.1) is 5.10 Å². The van der Waals surface area contributed by atoms with E-state index < -0.39 is 0 Å². The number of hydrogen-bond acceptors (Lipinski definition) is 7. The summed E-state index contributed by atoms with van der Waals surface area (Å²) < 4.78 is 6.06. The van der Waals surface area contributed by atoms with Crippen molar-refractivity contribution >= 4 is 30.1 Å². The number of hydrazone groups is 1. The Morgan fingerprint density at radius 3 is 2.65 bits per heavy atom. The molecular weight excluding hydrogens is 448 g/mol. The number of Topliss-reactive ketones (excluding diaryl/α,β-unsaturated/α-hetero) is 1. The number of nitrogens with two attached hydrogens (primary N) is 1. The number of carbonyl (C=O) groups is 1. The van der Waals surface area contributed by atoms with Gasteiger partial charge in [0.1, 0.15) is 18.1 Å². The summed E-state index contributed by atoms with van der Waals surface area (Å²) in [6.45, 7) is 7.36. The Balaban J connectivity index is 1.81. The molecule has 0 aromatic heterocycles. The third-order valence-corrected chi connectivity index (χ3v) is 6.15. The van der Waals surface area contributed by atoms with Gasteiger partial charge in [0, 0.05) is 20.9 Å². The van der Waals surface area contributed by atoms with Gasteiger partial charge in [-0.05, 0) is 62.0 Å². The summed E-state index contributed by atoms with van der Waals surface area (Å²) in [6, 6.07) is 19.1. The SMILES string of the molecule is C=N/C(=N\NN)c1ccccc1Sc1cccc(COc2ccc(C(C)=O)c(O)c2CCC)c1. The highest BCUT2D eigenvalue weighted by Gasteiger charge is 2.16. The van der Waals surface area contributed by atoms with E-state index in [1.54, 1.807) is 23.9 Å². The second kappa shape index (κ2) is 12.0. The standard InChI is InChI=1S/C26H28N4O3S/c1-4-8-21-23(14-13-20(17(2)31)25(21)32)33-16-18-9-7-10-19(15-18)34-24-12-6-5-11-22(24)26(28-3)29-30-27/h5-7,9-15,30,32H,3-4,8,16,27H2,1-2H3/b29-26-. The van der Waals surface area contributed by atoms with E-state index in [9.17, 15) is 9.90 Å². The molecule has 0 aliphatic heterocycles. The predicted molar refractivity (Wildman–Crippen MR) is 137 cm³/mol. The molecule has 3 aromatic carbocycles. The summed E-state index contributed by atoms with van der Waals surface area (Å²) in [7, 11) is 0.